The van der Waals surface area contributed by atoms with Gasteiger partial charge in [0.25, 0.3) is 5.91 Å². The average molecular weight is 579 g/mol. The number of aromatic hydroxyl groups is 1. The van der Waals surface area contributed by atoms with E-state index in [9.17, 15) is 9.90 Å². The van der Waals surface area contributed by atoms with Crippen molar-refractivity contribution in [3.63, 3.8) is 0 Å². The van der Waals surface area contributed by atoms with Crippen LogP contribution in [0.2, 0.25) is 0 Å². The number of phenols is 1. The van der Waals surface area contributed by atoms with Crippen molar-refractivity contribution in [1.82, 2.24) is 19.9 Å². The lowest BCUT2D eigenvalue weighted by Crippen LogP contribution is -2.58. The van der Waals surface area contributed by atoms with Gasteiger partial charge in [0, 0.05) is 49.4 Å². The zero-order valence-electron chi connectivity index (χ0n) is 24.0. The van der Waals surface area contributed by atoms with Crippen molar-refractivity contribution in [2.75, 3.05) is 37.7 Å². The number of amides is 1. The highest BCUT2D eigenvalue weighted by molar-refractivity contribution is 6.32. The number of fused-ring (bicyclic) bond motifs is 1. The van der Waals surface area contributed by atoms with Crippen molar-refractivity contribution in [3.05, 3.63) is 90.6 Å². The summed E-state index contributed by atoms with van der Waals surface area (Å²) in [6.45, 7) is 2.88. The van der Waals surface area contributed by atoms with Gasteiger partial charge in [-0.05, 0) is 24.3 Å². The molecule has 0 radical (unpaired) electrons. The maximum atomic E-state index is 13.9. The second kappa shape index (κ2) is 11.8. The first-order valence-corrected chi connectivity index (χ1v) is 14.8. The van der Waals surface area contributed by atoms with E-state index in [2.05, 4.69) is 35.2 Å². The van der Waals surface area contributed by atoms with E-state index in [1.807, 2.05) is 70.4 Å². The fourth-order valence-corrected chi connectivity index (χ4v) is 6.25. The number of piperazine rings is 1. The van der Waals surface area contributed by atoms with Crippen LogP contribution in [0, 0.1) is 0 Å². The van der Waals surface area contributed by atoms with E-state index in [0.717, 1.165) is 28.0 Å². The van der Waals surface area contributed by atoms with E-state index in [1.165, 1.54) is 0 Å². The summed E-state index contributed by atoms with van der Waals surface area (Å²) in [5, 5.41) is 18.7. The average Bonchev–Trinajstić information content (AvgIpc) is 3.55. The van der Waals surface area contributed by atoms with Crippen LogP contribution >= 0.6 is 0 Å². The number of nitrogens with zero attached hydrogens (tertiary/aromatic N) is 5. The second-order valence-corrected chi connectivity index (χ2v) is 11.4. The van der Waals surface area contributed by atoms with Gasteiger partial charge in [-0.2, -0.15) is 0 Å². The zero-order valence-corrected chi connectivity index (χ0v) is 24.0. The molecule has 3 aliphatic rings. The van der Waals surface area contributed by atoms with Crippen molar-refractivity contribution < 1.29 is 24.1 Å². The summed E-state index contributed by atoms with van der Waals surface area (Å²) >= 11 is 0. The molecule has 1 N–H and O–H groups in total. The first-order chi connectivity index (χ1) is 21.0. The third-order valence-corrected chi connectivity index (χ3v) is 8.55. The largest absolute Gasteiger partial charge is 0.508 e. The molecule has 43 heavy (non-hydrogen) atoms. The molecule has 220 valence electrons. The van der Waals surface area contributed by atoms with Crippen molar-refractivity contribution in [2.45, 2.75) is 37.1 Å². The summed E-state index contributed by atoms with van der Waals surface area (Å²) in [6.07, 6.45) is 0.359. The summed E-state index contributed by atoms with van der Waals surface area (Å²) in [5.41, 5.74) is 4.87. The van der Waals surface area contributed by atoms with Gasteiger partial charge in [0.05, 0.1) is 18.8 Å². The summed E-state index contributed by atoms with van der Waals surface area (Å²) < 4.78 is 20.9. The number of aromatic nitrogens is 3. The van der Waals surface area contributed by atoms with E-state index in [0.29, 0.717) is 39.2 Å². The zero-order chi connectivity index (χ0) is 29.3. The summed E-state index contributed by atoms with van der Waals surface area (Å²) in [6, 6.07) is 24.9. The molecule has 4 aromatic rings. The summed E-state index contributed by atoms with van der Waals surface area (Å²) in [7, 11) is 2.05. The Kier molecular flexibility index (Phi) is 7.60. The Morgan fingerprint density at radius 2 is 1.72 bits per heavy atom. The minimum Gasteiger partial charge on any atom is -0.508 e. The van der Waals surface area contributed by atoms with Crippen LogP contribution in [0.1, 0.15) is 24.3 Å². The van der Waals surface area contributed by atoms with Crippen molar-refractivity contribution in [3.8, 4) is 17.0 Å². The predicted molar refractivity (Wildman–Crippen MR) is 163 cm³/mol. The molecule has 7 rings (SSSR count). The molecule has 11 heteroatoms. The SMILES string of the molecule is Bc1cccc(-c2cn(C3CC(C(=O)N4CCN(c5ccc(O)cc5)CC4)OC4COC(c5ccccc5)OC43)nn2)c1. The van der Waals surface area contributed by atoms with Crippen LogP contribution in [-0.2, 0) is 19.0 Å². The number of carbonyl (C=O) groups is 1. The maximum absolute atomic E-state index is 13.9. The van der Waals surface area contributed by atoms with Gasteiger partial charge in [-0.1, -0.05) is 65.3 Å². The highest BCUT2D eigenvalue weighted by Gasteiger charge is 2.48. The molecule has 3 saturated heterocycles. The molecule has 1 aromatic heterocycles. The molecule has 0 aliphatic carbocycles. The number of benzene rings is 3. The van der Waals surface area contributed by atoms with E-state index in [1.54, 1.807) is 12.1 Å². The lowest BCUT2D eigenvalue weighted by molar-refractivity contribution is -0.298. The van der Waals surface area contributed by atoms with Gasteiger partial charge < -0.3 is 29.1 Å². The number of rotatable bonds is 5. The molecular formula is C32H34BN5O5. The van der Waals surface area contributed by atoms with Gasteiger partial charge >= 0.3 is 0 Å². The topological polar surface area (TPSA) is 102 Å². The number of hydrogen-bond donors (Lipinski definition) is 1. The van der Waals surface area contributed by atoms with Crippen LogP contribution < -0.4 is 10.4 Å². The minimum absolute atomic E-state index is 0.0296. The third kappa shape index (κ3) is 5.75. The molecular weight excluding hydrogens is 545 g/mol. The Bertz CT molecular complexity index is 1560. The molecule has 10 nitrogen and oxygen atoms in total. The van der Waals surface area contributed by atoms with E-state index >= 15 is 0 Å². The van der Waals surface area contributed by atoms with Crippen molar-refractivity contribution in [1.29, 1.82) is 0 Å². The lowest BCUT2D eigenvalue weighted by atomic mass is 9.93. The molecule has 3 aliphatic heterocycles. The number of phenolic OH excluding ortho intramolecular Hbond substituents is 1. The van der Waals surface area contributed by atoms with E-state index < -0.39 is 18.5 Å². The van der Waals surface area contributed by atoms with Gasteiger partial charge in [-0.25, -0.2) is 4.68 Å². The second-order valence-electron chi connectivity index (χ2n) is 11.4. The Morgan fingerprint density at radius 1 is 0.930 bits per heavy atom. The molecule has 4 heterocycles. The van der Waals surface area contributed by atoms with Gasteiger partial charge in [-0.15, -0.1) is 5.10 Å². The Balaban J connectivity index is 1.11. The van der Waals surface area contributed by atoms with Crippen LogP contribution in [0.15, 0.2) is 85.1 Å². The number of hydrogen-bond acceptors (Lipinski definition) is 8. The van der Waals surface area contributed by atoms with Gasteiger partial charge in [-0.3, -0.25) is 4.79 Å². The van der Waals surface area contributed by atoms with Crippen LogP contribution in [0.5, 0.6) is 5.75 Å². The Morgan fingerprint density at radius 3 is 2.49 bits per heavy atom. The van der Waals surface area contributed by atoms with Crippen molar-refractivity contribution >= 4 is 24.9 Å². The minimum atomic E-state index is -0.654. The first kappa shape index (κ1) is 27.6. The number of anilines is 1. The Labute approximate surface area is 251 Å². The normalized spacial score (nSPS) is 25.7. The number of ether oxygens (including phenoxy) is 3. The summed E-state index contributed by atoms with van der Waals surface area (Å²) in [4.78, 5) is 18.0. The highest BCUT2D eigenvalue weighted by Crippen LogP contribution is 2.39. The monoisotopic (exact) mass is 579 g/mol. The molecule has 0 saturated carbocycles. The van der Waals surface area contributed by atoms with Gasteiger partial charge in [0.15, 0.2) is 6.29 Å². The highest BCUT2D eigenvalue weighted by atomic mass is 16.7. The molecule has 5 unspecified atom stereocenters. The van der Waals surface area contributed by atoms with Crippen LogP contribution in [0.4, 0.5) is 5.69 Å². The number of carbonyl (C=O) groups excluding carboxylic acids is 1. The van der Waals surface area contributed by atoms with E-state index in [-0.39, 0.29) is 23.8 Å². The smallest absolute Gasteiger partial charge is 0.251 e. The molecule has 1 amide bonds. The fraction of sp³-hybridized carbons (Fsp3) is 0.344. The Hall–Kier alpha value is -4.19. The predicted octanol–water partition coefficient (Wildman–Crippen LogP) is 2.07. The maximum Gasteiger partial charge on any atom is 0.251 e. The first-order valence-electron chi connectivity index (χ1n) is 14.8. The molecule has 0 spiro atoms. The fourth-order valence-electron chi connectivity index (χ4n) is 6.25. The van der Waals surface area contributed by atoms with Gasteiger partial charge in [0.1, 0.15) is 37.6 Å². The van der Waals surface area contributed by atoms with Crippen molar-refractivity contribution in [2.24, 2.45) is 0 Å². The standard InChI is InChI=1S/C32H34BN5O5/c33-23-8-4-7-22(17-23)26-19-38(35-34-26)27-18-28(42-29-20-41-32(43-30(27)29)21-5-2-1-3-6-21)31(40)37-15-13-36(14-16-37)24-9-11-25(39)12-10-24/h1-12,17,19,27-30,32,39H,13-16,18,20,33H2. The summed E-state index contributed by atoms with van der Waals surface area (Å²) in [5.74, 6) is 0.210. The molecule has 0 bridgehead atoms. The van der Waals surface area contributed by atoms with Gasteiger partial charge in [0.2, 0.25) is 0 Å². The molecule has 3 aromatic carbocycles. The van der Waals surface area contributed by atoms with Crippen LogP contribution in [-0.4, -0.2) is 89.9 Å². The third-order valence-electron chi connectivity index (χ3n) is 8.55. The van der Waals surface area contributed by atoms with Crippen LogP contribution in [0.3, 0.4) is 0 Å². The lowest BCUT2D eigenvalue weighted by Gasteiger charge is -2.46. The quantitative estimate of drug-likeness (QED) is 0.359. The molecule has 5 atom stereocenters. The van der Waals surface area contributed by atoms with E-state index in [4.69, 9.17) is 14.2 Å². The molecule has 3 fully saturated rings. The van der Waals surface area contributed by atoms with Crippen LogP contribution in [0.25, 0.3) is 11.3 Å².